The molecule has 0 aromatic heterocycles. The molecule has 0 amide bonds. The lowest BCUT2D eigenvalue weighted by Gasteiger charge is -2.55. The molecule has 3 heteroatoms. The van der Waals surface area contributed by atoms with Gasteiger partial charge in [-0.1, -0.05) is 45.0 Å². The number of Topliss-reactive ketones (excluding diaryl/α,β-unsaturated/α-hetero) is 1. The van der Waals surface area contributed by atoms with Crippen molar-refractivity contribution in [3.8, 4) is 5.75 Å². The number of anilines is 1. The Morgan fingerprint density at radius 2 is 1.76 bits per heavy atom. The highest BCUT2D eigenvalue weighted by Gasteiger charge is 2.55. The fourth-order valence-electron chi connectivity index (χ4n) is 5.51. The van der Waals surface area contributed by atoms with Crippen molar-refractivity contribution in [3.05, 3.63) is 59.7 Å². The van der Waals surface area contributed by atoms with E-state index in [0.29, 0.717) is 17.6 Å². The number of carbonyl (C=O) groups excluding carboxylic acids is 1. The van der Waals surface area contributed by atoms with E-state index >= 15 is 0 Å². The summed E-state index contributed by atoms with van der Waals surface area (Å²) in [6, 6.07) is 17.3. The summed E-state index contributed by atoms with van der Waals surface area (Å²) in [5.74, 6) is 2.40. The average Bonchev–Trinajstić information content (AvgIpc) is 2.72. The number of carbonyl (C=O) groups is 1. The third-order valence-corrected chi connectivity index (χ3v) is 7.38. The summed E-state index contributed by atoms with van der Waals surface area (Å²) in [4.78, 5) is 12.8. The van der Waals surface area contributed by atoms with Crippen LogP contribution in [0, 0.1) is 17.3 Å². The van der Waals surface area contributed by atoms with E-state index < -0.39 is 0 Å². The molecule has 154 valence electrons. The monoisotopic (exact) mass is 391 g/mol. The Bertz CT molecular complexity index is 855. The van der Waals surface area contributed by atoms with Crippen molar-refractivity contribution < 1.29 is 9.53 Å². The lowest BCUT2D eigenvalue weighted by Crippen LogP contribution is -2.59. The molecule has 2 aromatic carbocycles. The van der Waals surface area contributed by atoms with Crippen molar-refractivity contribution in [1.29, 1.82) is 0 Å². The molecule has 2 aromatic rings. The van der Waals surface area contributed by atoms with Gasteiger partial charge in [0.25, 0.3) is 0 Å². The Hall–Kier alpha value is -2.29. The topological polar surface area (TPSA) is 38.3 Å². The standard InChI is InChI=1S/C26H33NO2/c1-17(2)19-7-5-18(6-8-19)16-26(3)20-9-14-23(24(28)15-20)25(26)27-21-10-12-22(29-4)13-11-21/h5-8,10-13,17,20,23,25,27H,9,14-16H2,1-4H3/t20-,23+,25-,26-/m0/s1. The van der Waals surface area contributed by atoms with E-state index in [1.807, 2.05) is 12.1 Å². The zero-order valence-corrected chi connectivity index (χ0v) is 18.1. The largest absolute Gasteiger partial charge is 0.497 e. The third-order valence-electron chi connectivity index (χ3n) is 7.38. The number of hydrogen-bond acceptors (Lipinski definition) is 3. The van der Waals surface area contributed by atoms with Gasteiger partial charge in [-0.15, -0.1) is 0 Å². The number of rotatable bonds is 6. The minimum atomic E-state index is 0.0656. The minimum Gasteiger partial charge on any atom is -0.497 e. The van der Waals surface area contributed by atoms with Crippen molar-refractivity contribution in [1.82, 2.24) is 0 Å². The second-order valence-corrected chi connectivity index (χ2v) is 9.48. The molecule has 3 aliphatic rings. The quantitative estimate of drug-likeness (QED) is 0.671. The Labute approximate surface area is 174 Å². The molecule has 0 heterocycles. The number of hydrogen-bond donors (Lipinski definition) is 1. The smallest absolute Gasteiger partial charge is 0.138 e. The first-order valence-corrected chi connectivity index (χ1v) is 10.9. The molecular weight excluding hydrogens is 358 g/mol. The van der Waals surface area contributed by atoms with Crippen LogP contribution in [0.5, 0.6) is 5.75 Å². The van der Waals surface area contributed by atoms with Crippen LogP contribution in [0.15, 0.2) is 48.5 Å². The number of ketones is 1. The van der Waals surface area contributed by atoms with Crippen molar-refractivity contribution in [3.63, 3.8) is 0 Å². The van der Waals surface area contributed by atoms with E-state index in [2.05, 4.69) is 62.5 Å². The second-order valence-electron chi connectivity index (χ2n) is 9.48. The van der Waals surface area contributed by atoms with Crippen LogP contribution in [-0.2, 0) is 11.2 Å². The zero-order chi connectivity index (χ0) is 20.6. The number of nitrogens with one attached hydrogen (secondary N) is 1. The Morgan fingerprint density at radius 3 is 2.34 bits per heavy atom. The van der Waals surface area contributed by atoms with Gasteiger partial charge in [-0.2, -0.15) is 0 Å². The van der Waals surface area contributed by atoms with E-state index in [9.17, 15) is 4.79 Å². The zero-order valence-electron chi connectivity index (χ0n) is 18.1. The Kier molecular flexibility index (Phi) is 5.42. The van der Waals surface area contributed by atoms with Crippen LogP contribution < -0.4 is 10.1 Å². The van der Waals surface area contributed by atoms with E-state index in [4.69, 9.17) is 4.74 Å². The highest BCUT2D eigenvalue weighted by Crippen LogP contribution is 2.53. The van der Waals surface area contributed by atoms with Crippen LogP contribution in [0.25, 0.3) is 0 Å². The fraction of sp³-hybridized carbons (Fsp3) is 0.500. The van der Waals surface area contributed by atoms with Crippen LogP contribution in [0.4, 0.5) is 5.69 Å². The molecule has 0 radical (unpaired) electrons. The molecule has 0 saturated heterocycles. The maximum absolute atomic E-state index is 12.8. The van der Waals surface area contributed by atoms with Gasteiger partial charge in [0, 0.05) is 24.1 Å². The molecule has 1 N–H and O–H groups in total. The van der Waals surface area contributed by atoms with Gasteiger partial charge in [-0.3, -0.25) is 4.79 Å². The number of ether oxygens (including phenoxy) is 1. The first-order valence-electron chi connectivity index (χ1n) is 10.9. The van der Waals surface area contributed by atoms with E-state index in [1.165, 1.54) is 11.1 Å². The van der Waals surface area contributed by atoms with Gasteiger partial charge >= 0.3 is 0 Å². The number of fused-ring (bicyclic) bond motifs is 3. The summed E-state index contributed by atoms with van der Waals surface area (Å²) in [6.45, 7) is 6.86. The highest BCUT2D eigenvalue weighted by atomic mass is 16.5. The molecule has 3 aliphatic carbocycles. The maximum atomic E-state index is 12.8. The van der Waals surface area contributed by atoms with Crippen LogP contribution in [0.1, 0.15) is 57.1 Å². The van der Waals surface area contributed by atoms with E-state index in [-0.39, 0.29) is 17.4 Å². The van der Waals surface area contributed by atoms with Crippen molar-refractivity contribution >= 4 is 11.5 Å². The summed E-state index contributed by atoms with van der Waals surface area (Å²) in [7, 11) is 1.68. The predicted octanol–water partition coefficient (Wildman–Crippen LogP) is 5.85. The molecule has 0 aliphatic heterocycles. The highest BCUT2D eigenvalue weighted by molar-refractivity contribution is 5.84. The molecular formula is C26H33NO2. The summed E-state index contributed by atoms with van der Waals surface area (Å²) in [6.07, 6.45) is 3.93. The lowest BCUT2D eigenvalue weighted by atomic mass is 9.51. The van der Waals surface area contributed by atoms with Crippen LogP contribution in [0.2, 0.25) is 0 Å². The Balaban J connectivity index is 1.61. The van der Waals surface area contributed by atoms with Crippen molar-refractivity contribution in [2.24, 2.45) is 17.3 Å². The van der Waals surface area contributed by atoms with Gasteiger partial charge in [0.05, 0.1) is 7.11 Å². The molecule has 3 fully saturated rings. The van der Waals surface area contributed by atoms with Gasteiger partial charge in [-0.25, -0.2) is 0 Å². The van der Waals surface area contributed by atoms with Crippen molar-refractivity contribution in [2.45, 2.75) is 58.4 Å². The first-order chi connectivity index (χ1) is 13.9. The molecule has 0 unspecified atom stereocenters. The molecule has 0 spiro atoms. The minimum absolute atomic E-state index is 0.0656. The molecule has 3 saturated carbocycles. The normalized spacial score (nSPS) is 28.6. The molecule has 4 atom stereocenters. The number of benzene rings is 2. The molecule has 29 heavy (non-hydrogen) atoms. The number of methoxy groups -OCH3 is 1. The first kappa shape index (κ1) is 20.0. The maximum Gasteiger partial charge on any atom is 0.138 e. The van der Waals surface area contributed by atoms with Gasteiger partial charge in [0.1, 0.15) is 11.5 Å². The van der Waals surface area contributed by atoms with Crippen molar-refractivity contribution in [2.75, 3.05) is 12.4 Å². The SMILES string of the molecule is COc1ccc(N[C@H]2[C@@H]3CC[C@@H](CC3=O)[C@]2(C)Cc2ccc(C(C)C)cc2)cc1. The lowest BCUT2D eigenvalue weighted by molar-refractivity contribution is -0.137. The summed E-state index contributed by atoms with van der Waals surface area (Å²) in [5.41, 5.74) is 3.89. The average molecular weight is 392 g/mol. The van der Waals surface area contributed by atoms with Crippen LogP contribution >= 0.6 is 0 Å². The molecule has 2 bridgehead atoms. The molecule has 5 rings (SSSR count). The Morgan fingerprint density at radius 1 is 1.07 bits per heavy atom. The predicted molar refractivity (Wildman–Crippen MR) is 119 cm³/mol. The van der Waals surface area contributed by atoms with E-state index in [1.54, 1.807) is 7.11 Å². The van der Waals surface area contributed by atoms with Gasteiger partial charge in [0.2, 0.25) is 0 Å². The summed E-state index contributed by atoms with van der Waals surface area (Å²) >= 11 is 0. The summed E-state index contributed by atoms with van der Waals surface area (Å²) in [5, 5.41) is 3.76. The van der Waals surface area contributed by atoms with Crippen LogP contribution in [0.3, 0.4) is 0 Å². The molecule has 3 nitrogen and oxygen atoms in total. The van der Waals surface area contributed by atoms with Crippen LogP contribution in [-0.4, -0.2) is 18.9 Å². The summed E-state index contributed by atoms with van der Waals surface area (Å²) < 4.78 is 5.29. The van der Waals surface area contributed by atoms with E-state index in [0.717, 1.165) is 37.1 Å². The van der Waals surface area contributed by atoms with Gasteiger partial charge in [-0.05, 0) is 71.9 Å². The van der Waals surface area contributed by atoms with Gasteiger partial charge in [0.15, 0.2) is 0 Å². The fourth-order valence-corrected chi connectivity index (χ4v) is 5.51. The second kappa shape index (κ2) is 7.85. The van der Waals surface area contributed by atoms with Gasteiger partial charge < -0.3 is 10.1 Å². The third kappa shape index (κ3) is 3.80.